The number of pyridine rings is 1. The summed E-state index contributed by atoms with van der Waals surface area (Å²) in [5.74, 6) is -0.981. The number of ether oxygens (including phenoxy) is 1. The van der Waals surface area contributed by atoms with Gasteiger partial charge in [0.15, 0.2) is 0 Å². The van der Waals surface area contributed by atoms with Crippen molar-refractivity contribution in [3.8, 4) is 0 Å². The van der Waals surface area contributed by atoms with Gasteiger partial charge < -0.3 is 14.7 Å². The molecule has 2 fully saturated rings. The largest absolute Gasteiger partial charge is 0.477 e. The number of carboxylic acid groups (broad SMARTS) is 1. The van der Waals surface area contributed by atoms with Crippen molar-refractivity contribution in [2.45, 2.75) is 12.8 Å². The van der Waals surface area contributed by atoms with E-state index >= 15 is 0 Å². The van der Waals surface area contributed by atoms with Gasteiger partial charge in [-0.25, -0.2) is 9.78 Å². The first kappa shape index (κ1) is 11.5. The average Bonchev–Trinajstić information content (AvgIpc) is 2.37. The van der Waals surface area contributed by atoms with Gasteiger partial charge in [0, 0.05) is 18.5 Å². The fraction of sp³-hybridized carbons (Fsp3) is 0.538. The van der Waals surface area contributed by atoms with Crippen LogP contribution in [-0.4, -0.2) is 42.4 Å². The van der Waals surface area contributed by atoms with Crippen molar-refractivity contribution in [3.05, 3.63) is 24.0 Å². The highest BCUT2D eigenvalue weighted by Gasteiger charge is 2.41. The van der Waals surface area contributed by atoms with E-state index in [1.54, 1.807) is 12.3 Å². The molecular formula is C13H16N2O3. The number of rotatable bonds is 2. The first-order valence-electron chi connectivity index (χ1n) is 6.21. The highest BCUT2D eigenvalue weighted by atomic mass is 16.5. The standard InChI is InChI=1S/C13H16N2O3/c16-12(17)11-2-1-10(7-14-11)15-5-3-13(4-6-15)8-18-9-13/h1-2,7H,3-6,8-9H2,(H,16,17). The minimum absolute atomic E-state index is 0.0969. The average molecular weight is 248 g/mol. The maximum absolute atomic E-state index is 10.7. The summed E-state index contributed by atoms with van der Waals surface area (Å²) >= 11 is 0. The van der Waals surface area contributed by atoms with Gasteiger partial charge in [-0.15, -0.1) is 0 Å². The molecule has 2 aliphatic rings. The van der Waals surface area contributed by atoms with E-state index in [0.29, 0.717) is 5.41 Å². The van der Waals surface area contributed by atoms with Crippen LogP contribution in [0.2, 0.25) is 0 Å². The lowest BCUT2D eigenvalue weighted by Crippen LogP contribution is -2.50. The number of aromatic nitrogens is 1. The van der Waals surface area contributed by atoms with Crippen LogP contribution in [0.5, 0.6) is 0 Å². The lowest BCUT2D eigenvalue weighted by Gasteiger charge is -2.47. The summed E-state index contributed by atoms with van der Waals surface area (Å²) in [5.41, 5.74) is 1.53. The van der Waals surface area contributed by atoms with Crippen LogP contribution >= 0.6 is 0 Å². The summed E-state index contributed by atoms with van der Waals surface area (Å²) in [6, 6.07) is 3.40. The third-order valence-corrected chi connectivity index (χ3v) is 3.97. The van der Waals surface area contributed by atoms with Gasteiger partial charge in [-0.1, -0.05) is 0 Å². The van der Waals surface area contributed by atoms with E-state index in [1.807, 2.05) is 6.07 Å². The maximum Gasteiger partial charge on any atom is 0.354 e. The van der Waals surface area contributed by atoms with Gasteiger partial charge in [0.25, 0.3) is 0 Å². The Balaban J connectivity index is 1.67. The minimum Gasteiger partial charge on any atom is -0.477 e. The fourth-order valence-corrected chi connectivity index (χ4v) is 2.62. The molecule has 3 heterocycles. The zero-order valence-corrected chi connectivity index (χ0v) is 10.1. The molecule has 1 aromatic heterocycles. The van der Waals surface area contributed by atoms with Gasteiger partial charge in [-0.2, -0.15) is 0 Å². The highest BCUT2D eigenvalue weighted by molar-refractivity contribution is 5.85. The van der Waals surface area contributed by atoms with Crippen LogP contribution in [0.4, 0.5) is 5.69 Å². The SMILES string of the molecule is O=C(O)c1ccc(N2CCC3(CC2)COC3)cn1. The predicted molar refractivity (Wildman–Crippen MR) is 65.9 cm³/mol. The topological polar surface area (TPSA) is 62.7 Å². The summed E-state index contributed by atoms with van der Waals surface area (Å²) in [4.78, 5) is 17.0. The van der Waals surface area contributed by atoms with Gasteiger partial charge in [0.1, 0.15) is 5.69 Å². The van der Waals surface area contributed by atoms with E-state index in [2.05, 4.69) is 9.88 Å². The second-order valence-corrected chi connectivity index (χ2v) is 5.19. The van der Waals surface area contributed by atoms with Crippen LogP contribution < -0.4 is 4.90 Å². The third-order valence-electron chi connectivity index (χ3n) is 3.97. The number of carbonyl (C=O) groups is 1. The molecular weight excluding hydrogens is 232 g/mol. The minimum atomic E-state index is -0.981. The molecule has 1 aromatic rings. The van der Waals surface area contributed by atoms with Crippen LogP contribution in [0.1, 0.15) is 23.3 Å². The van der Waals surface area contributed by atoms with Crippen molar-refractivity contribution >= 4 is 11.7 Å². The zero-order chi connectivity index (χ0) is 12.6. The van der Waals surface area contributed by atoms with Crippen molar-refractivity contribution in [2.75, 3.05) is 31.2 Å². The molecule has 0 saturated carbocycles. The first-order valence-corrected chi connectivity index (χ1v) is 6.21. The molecule has 2 aliphatic heterocycles. The molecule has 5 heteroatoms. The Morgan fingerprint density at radius 3 is 2.50 bits per heavy atom. The van der Waals surface area contributed by atoms with Crippen molar-refractivity contribution in [1.29, 1.82) is 0 Å². The van der Waals surface area contributed by atoms with Crippen LogP contribution in [0.3, 0.4) is 0 Å². The van der Waals surface area contributed by atoms with Gasteiger partial charge in [-0.05, 0) is 25.0 Å². The van der Waals surface area contributed by atoms with Crippen LogP contribution in [0.25, 0.3) is 0 Å². The van der Waals surface area contributed by atoms with E-state index in [-0.39, 0.29) is 5.69 Å². The molecule has 5 nitrogen and oxygen atoms in total. The van der Waals surface area contributed by atoms with Crippen LogP contribution in [-0.2, 0) is 4.74 Å². The monoisotopic (exact) mass is 248 g/mol. The maximum atomic E-state index is 10.7. The molecule has 0 amide bonds. The number of hydrogen-bond acceptors (Lipinski definition) is 4. The Morgan fingerprint density at radius 1 is 1.33 bits per heavy atom. The second kappa shape index (κ2) is 4.24. The van der Waals surface area contributed by atoms with E-state index in [4.69, 9.17) is 9.84 Å². The van der Waals surface area contributed by atoms with E-state index in [1.165, 1.54) is 0 Å². The molecule has 0 unspecified atom stereocenters. The van der Waals surface area contributed by atoms with Crippen molar-refractivity contribution in [1.82, 2.24) is 4.98 Å². The number of anilines is 1. The number of aromatic carboxylic acids is 1. The molecule has 0 atom stereocenters. The first-order chi connectivity index (χ1) is 8.69. The molecule has 2 saturated heterocycles. The number of carboxylic acids is 1. The third kappa shape index (κ3) is 1.95. The molecule has 3 rings (SSSR count). The number of piperidine rings is 1. The molecule has 96 valence electrons. The fourth-order valence-electron chi connectivity index (χ4n) is 2.62. The number of nitrogens with zero attached hydrogens (tertiary/aromatic N) is 2. The molecule has 1 N–H and O–H groups in total. The zero-order valence-electron chi connectivity index (χ0n) is 10.1. The summed E-state index contributed by atoms with van der Waals surface area (Å²) in [6.07, 6.45) is 3.94. The summed E-state index contributed by atoms with van der Waals surface area (Å²) < 4.78 is 5.30. The summed E-state index contributed by atoms with van der Waals surface area (Å²) in [6.45, 7) is 3.79. The lowest BCUT2D eigenvalue weighted by atomic mass is 9.77. The molecule has 0 aliphatic carbocycles. The molecule has 0 aromatic carbocycles. The molecule has 1 spiro atoms. The normalized spacial score (nSPS) is 21.7. The van der Waals surface area contributed by atoms with Crippen LogP contribution in [0.15, 0.2) is 18.3 Å². The molecule has 0 radical (unpaired) electrons. The van der Waals surface area contributed by atoms with Crippen molar-refractivity contribution in [3.63, 3.8) is 0 Å². The van der Waals surface area contributed by atoms with Crippen molar-refractivity contribution < 1.29 is 14.6 Å². The highest BCUT2D eigenvalue weighted by Crippen LogP contribution is 2.39. The quantitative estimate of drug-likeness (QED) is 0.857. The lowest BCUT2D eigenvalue weighted by molar-refractivity contribution is -0.124. The smallest absolute Gasteiger partial charge is 0.354 e. The summed E-state index contributed by atoms with van der Waals surface area (Å²) in [7, 11) is 0. The Labute approximate surface area is 105 Å². The Kier molecular flexibility index (Phi) is 2.70. The summed E-state index contributed by atoms with van der Waals surface area (Å²) in [5, 5.41) is 8.80. The Morgan fingerprint density at radius 2 is 2.06 bits per heavy atom. The van der Waals surface area contributed by atoms with Crippen LogP contribution in [0, 0.1) is 5.41 Å². The van der Waals surface area contributed by atoms with Gasteiger partial charge >= 0.3 is 5.97 Å². The van der Waals surface area contributed by atoms with E-state index in [9.17, 15) is 4.79 Å². The van der Waals surface area contributed by atoms with E-state index < -0.39 is 5.97 Å². The Bertz CT molecular complexity index is 444. The molecule has 0 bridgehead atoms. The van der Waals surface area contributed by atoms with Gasteiger partial charge in [0.2, 0.25) is 0 Å². The second-order valence-electron chi connectivity index (χ2n) is 5.19. The van der Waals surface area contributed by atoms with Crippen molar-refractivity contribution in [2.24, 2.45) is 5.41 Å². The van der Waals surface area contributed by atoms with E-state index in [0.717, 1.165) is 44.8 Å². The van der Waals surface area contributed by atoms with Gasteiger partial charge in [0.05, 0.1) is 25.1 Å². The number of hydrogen-bond donors (Lipinski definition) is 1. The Hall–Kier alpha value is -1.62. The predicted octanol–water partition coefficient (Wildman–Crippen LogP) is 1.40. The van der Waals surface area contributed by atoms with Gasteiger partial charge in [-0.3, -0.25) is 0 Å². The molecule has 18 heavy (non-hydrogen) atoms.